The molecule has 0 spiro atoms. The molecule has 2 aromatic carbocycles. The predicted octanol–water partition coefficient (Wildman–Crippen LogP) is 5.52. The summed E-state index contributed by atoms with van der Waals surface area (Å²) in [5.41, 5.74) is 4.33. The molecule has 4 nitrogen and oxygen atoms in total. The van der Waals surface area contributed by atoms with E-state index in [4.69, 9.17) is 4.98 Å². The Kier molecular flexibility index (Phi) is 3.93. The fraction of sp³-hybridized carbons (Fsp3) is 0.0500. The third-order valence-electron chi connectivity index (χ3n) is 4.05. The summed E-state index contributed by atoms with van der Waals surface area (Å²) in [7, 11) is 0. The van der Waals surface area contributed by atoms with E-state index in [1.807, 2.05) is 66.1 Å². The molecule has 0 saturated carbocycles. The largest absolute Gasteiger partial charge is 0.507 e. The molecule has 0 aliphatic heterocycles. The second-order valence-electron chi connectivity index (χ2n) is 5.89. The molecular weight excluding hydrogens is 378 g/mol. The number of pyridine rings is 1. The maximum atomic E-state index is 10.3. The summed E-state index contributed by atoms with van der Waals surface area (Å²) in [6.07, 6.45) is 1.99. The van der Waals surface area contributed by atoms with Crippen molar-refractivity contribution in [2.24, 2.45) is 0 Å². The minimum Gasteiger partial charge on any atom is -0.507 e. The van der Waals surface area contributed by atoms with Gasteiger partial charge in [0.2, 0.25) is 0 Å². The molecule has 0 aliphatic carbocycles. The first-order chi connectivity index (χ1) is 12.1. The number of para-hydroxylation sites is 1. The number of nitrogens with one attached hydrogen (secondary N) is 1. The molecule has 0 fully saturated rings. The van der Waals surface area contributed by atoms with Gasteiger partial charge in [-0.1, -0.05) is 28.1 Å². The zero-order chi connectivity index (χ0) is 17.4. The minimum atomic E-state index is 0.210. The van der Waals surface area contributed by atoms with Gasteiger partial charge >= 0.3 is 0 Å². The van der Waals surface area contributed by atoms with Crippen LogP contribution in [-0.2, 0) is 0 Å². The fourth-order valence-electron chi connectivity index (χ4n) is 2.80. The second kappa shape index (κ2) is 6.26. The number of aryl methyl sites for hydroxylation is 1. The Labute approximate surface area is 153 Å². The van der Waals surface area contributed by atoms with Crippen LogP contribution in [0.4, 0.5) is 11.5 Å². The van der Waals surface area contributed by atoms with Gasteiger partial charge in [0.15, 0.2) is 0 Å². The van der Waals surface area contributed by atoms with Crippen LogP contribution in [0.15, 0.2) is 71.3 Å². The lowest BCUT2D eigenvalue weighted by Crippen LogP contribution is -1.97. The lowest BCUT2D eigenvalue weighted by Gasteiger charge is -2.10. The van der Waals surface area contributed by atoms with E-state index < -0.39 is 0 Å². The number of aromatic nitrogens is 2. The molecule has 5 heteroatoms. The highest BCUT2D eigenvalue weighted by Gasteiger charge is 2.17. The Balaban J connectivity index is 1.92. The van der Waals surface area contributed by atoms with Gasteiger partial charge in [-0.15, -0.1) is 0 Å². The summed E-state index contributed by atoms with van der Waals surface area (Å²) in [6, 6.07) is 19.3. The third kappa shape index (κ3) is 2.98. The zero-order valence-electron chi connectivity index (χ0n) is 13.6. The van der Waals surface area contributed by atoms with Crippen LogP contribution in [0.3, 0.4) is 0 Å². The van der Waals surface area contributed by atoms with Gasteiger partial charge in [-0.25, -0.2) is 4.98 Å². The van der Waals surface area contributed by atoms with Crippen molar-refractivity contribution < 1.29 is 5.11 Å². The van der Waals surface area contributed by atoms with Crippen LogP contribution in [0.25, 0.3) is 16.9 Å². The van der Waals surface area contributed by atoms with Crippen molar-refractivity contribution >= 4 is 33.1 Å². The van der Waals surface area contributed by atoms with Crippen LogP contribution in [0.5, 0.6) is 5.75 Å². The van der Waals surface area contributed by atoms with E-state index in [2.05, 4.69) is 21.2 Å². The maximum Gasteiger partial charge on any atom is 0.143 e. The molecule has 0 amide bonds. The summed E-state index contributed by atoms with van der Waals surface area (Å²) in [5.74, 6) is 1.03. The number of phenolic OH excluding ortho intramolecular Hbond substituents is 1. The van der Waals surface area contributed by atoms with E-state index in [-0.39, 0.29) is 5.75 Å². The van der Waals surface area contributed by atoms with E-state index in [1.54, 1.807) is 12.1 Å². The summed E-state index contributed by atoms with van der Waals surface area (Å²) in [6.45, 7) is 2.04. The molecule has 0 unspecified atom stereocenters. The number of imidazole rings is 1. The summed E-state index contributed by atoms with van der Waals surface area (Å²) >= 11 is 3.45. The molecule has 2 aromatic heterocycles. The molecule has 4 aromatic rings. The number of aromatic hydroxyl groups is 1. The van der Waals surface area contributed by atoms with Gasteiger partial charge in [0.25, 0.3) is 0 Å². The standard InChI is InChI=1S/C20H16BrN3O/c1-13-10-11-24-18(12-13)23-19(16-4-2-3-5-17(16)25)20(24)22-15-8-6-14(21)7-9-15/h2-12,22,25H,1H3. The highest BCUT2D eigenvalue weighted by atomic mass is 79.9. The van der Waals surface area contributed by atoms with E-state index in [0.29, 0.717) is 11.3 Å². The predicted molar refractivity (Wildman–Crippen MR) is 104 cm³/mol. The molecule has 0 saturated heterocycles. The van der Waals surface area contributed by atoms with Crippen molar-refractivity contribution in [1.29, 1.82) is 0 Å². The van der Waals surface area contributed by atoms with Gasteiger partial charge in [0.05, 0.1) is 0 Å². The first kappa shape index (κ1) is 15.7. The summed E-state index contributed by atoms with van der Waals surface area (Å²) in [4.78, 5) is 4.75. The van der Waals surface area contributed by atoms with Gasteiger partial charge < -0.3 is 10.4 Å². The van der Waals surface area contributed by atoms with Crippen molar-refractivity contribution in [2.45, 2.75) is 6.92 Å². The van der Waals surface area contributed by atoms with E-state index in [9.17, 15) is 5.11 Å². The van der Waals surface area contributed by atoms with Crippen LogP contribution in [0.2, 0.25) is 0 Å². The minimum absolute atomic E-state index is 0.210. The number of benzene rings is 2. The molecule has 25 heavy (non-hydrogen) atoms. The highest BCUT2D eigenvalue weighted by molar-refractivity contribution is 9.10. The lowest BCUT2D eigenvalue weighted by molar-refractivity contribution is 0.477. The van der Waals surface area contributed by atoms with Crippen LogP contribution in [0, 0.1) is 6.92 Å². The SMILES string of the molecule is Cc1ccn2c(Nc3ccc(Br)cc3)c(-c3ccccc3O)nc2c1. The second-order valence-corrected chi connectivity index (χ2v) is 6.81. The first-order valence-corrected chi connectivity index (χ1v) is 8.71. The molecule has 2 heterocycles. The van der Waals surface area contributed by atoms with Crippen molar-refractivity contribution in [2.75, 3.05) is 5.32 Å². The number of halogens is 1. The Morgan fingerprint density at radius 3 is 2.56 bits per heavy atom. The number of nitrogens with zero attached hydrogens (tertiary/aromatic N) is 2. The number of phenols is 1. The molecule has 0 radical (unpaired) electrons. The average Bonchev–Trinajstić information content (AvgIpc) is 2.94. The monoisotopic (exact) mass is 393 g/mol. The molecule has 4 rings (SSSR count). The molecule has 0 bridgehead atoms. The smallest absolute Gasteiger partial charge is 0.143 e. The van der Waals surface area contributed by atoms with Crippen LogP contribution >= 0.6 is 15.9 Å². The average molecular weight is 394 g/mol. The Hall–Kier alpha value is -2.79. The Morgan fingerprint density at radius 1 is 1.04 bits per heavy atom. The van der Waals surface area contributed by atoms with Crippen LogP contribution < -0.4 is 5.32 Å². The van der Waals surface area contributed by atoms with Crippen molar-refractivity contribution in [3.05, 3.63) is 76.9 Å². The van der Waals surface area contributed by atoms with E-state index in [0.717, 1.165) is 27.2 Å². The third-order valence-corrected chi connectivity index (χ3v) is 4.58. The summed E-state index contributed by atoms with van der Waals surface area (Å²) < 4.78 is 3.02. The Bertz CT molecular complexity index is 1050. The van der Waals surface area contributed by atoms with Gasteiger partial charge in [0.1, 0.15) is 22.9 Å². The highest BCUT2D eigenvalue weighted by Crippen LogP contribution is 2.36. The molecule has 0 atom stereocenters. The molecule has 124 valence electrons. The number of fused-ring (bicyclic) bond motifs is 1. The van der Waals surface area contributed by atoms with Gasteiger partial charge in [-0.2, -0.15) is 0 Å². The van der Waals surface area contributed by atoms with Crippen molar-refractivity contribution in [1.82, 2.24) is 9.38 Å². The molecular formula is C20H16BrN3O. The zero-order valence-corrected chi connectivity index (χ0v) is 15.2. The number of hydrogen-bond donors (Lipinski definition) is 2. The van der Waals surface area contributed by atoms with Crippen LogP contribution in [-0.4, -0.2) is 14.5 Å². The van der Waals surface area contributed by atoms with E-state index >= 15 is 0 Å². The van der Waals surface area contributed by atoms with E-state index in [1.165, 1.54) is 0 Å². The molecule has 2 N–H and O–H groups in total. The topological polar surface area (TPSA) is 49.6 Å². The summed E-state index contributed by atoms with van der Waals surface area (Å²) in [5, 5.41) is 13.7. The van der Waals surface area contributed by atoms with Gasteiger partial charge in [0, 0.05) is 21.9 Å². The number of anilines is 2. The van der Waals surface area contributed by atoms with Crippen LogP contribution in [0.1, 0.15) is 5.56 Å². The quantitative estimate of drug-likeness (QED) is 0.481. The first-order valence-electron chi connectivity index (χ1n) is 7.91. The van der Waals surface area contributed by atoms with Crippen molar-refractivity contribution in [3.63, 3.8) is 0 Å². The Morgan fingerprint density at radius 2 is 1.80 bits per heavy atom. The lowest BCUT2D eigenvalue weighted by atomic mass is 10.1. The van der Waals surface area contributed by atoms with Crippen molar-refractivity contribution in [3.8, 4) is 17.0 Å². The number of hydrogen-bond acceptors (Lipinski definition) is 3. The normalized spacial score (nSPS) is 11.0. The maximum absolute atomic E-state index is 10.3. The fourth-order valence-corrected chi connectivity index (χ4v) is 3.06. The van der Waals surface area contributed by atoms with Gasteiger partial charge in [-0.3, -0.25) is 4.40 Å². The number of rotatable bonds is 3. The molecule has 0 aliphatic rings. The van der Waals surface area contributed by atoms with Gasteiger partial charge in [-0.05, 0) is 61.0 Å².